The van der Waals surface area contributed by atoms with Gasteiger partial charge in [-0.1, -0.05) is 31.4 Å². The molecule has 1 aromatic carbocycles. The quantitative estimate of drug-likeness (QED) is 0.884. The van der Waals surface area contributed by atoms with Gasteiger partial charge in [0.1, 0.15) is 5.82 Å². The van der Waals surface area contributed by atoms with Crippen molar-refractivity contribution >= 4 is 16.9 Å². The van der Waals surface area contributed by atoms with E-state index >= 15 is 0 Å². The van der Waals surface area contributed by atoms with Crippen molar-refractivity contribution in [1.29, 1.82) is 0 Å². The van der Waals surface area contributed by atoms with Gasteiger partial charge in [-0.25, -0.2) is 4.98 Å². The molecule has 1 amide bonds. The van der Waals surface area contributed by atoms with Crippen LogP contribution in [-0.4, -0.2) is 40.4 Å². The number of H-pyrrole nitrogens is 1. The maximum atomic E-state index is 12.3. The highest BCUT2D eigenvalue weighted by molar-refractivity contribution is 5.77. The Morgan fingerprint density at radius 1 is 1.21 bits per heavy atom. The SMILES string of the molecule is C[C@H](NC(=O)CCN1CCCCCCC1)c1nc2ccccc2[nH]1. The Kier molecular flexibility index (Phi) is 5.86. The average molecular weight is 328 g/mol. The van der Waals surface area contributed by atoms with E-state index in [1.165, 1.54) is 32.1 Å². The van der Waals surface area contributed by atoms with E-state index in [4.69, 9.17) is 0 Å². The maximum Gasteiger partial charge on any atom is 0.221 e. The van der Waals surface area contributed by atoms with Crippen LogP contribution in [0.25, 0.3) is 11.0 Å². The second-order valence-corrected chi connectivity index (χ2v) is 6.79. The summed E-state index contributed by atoms with van der Waals surface area (Å²) in [4.78, 5) is 22.5. The van der Waals surface area contributed by atoms with Crippen LogP contribution < -0.4 is 5.32 Å². The Bertz CT molecular complexity index is 625. The van der Waals surface area contributed by atoms with E-state index in [-0.39, 0.29) is 11.9 Å². The molecule has 2 N–H and O–H groups in total. The van der Waals surface area contributed by atoms with E-state index in [0.717, 1.165) is 36.5 Å². The van der Waals surface area contributed by atoms with Gasteiger partial charge in [0, 0.05) is 13.0 Å². The number of benzene rings is 1. The van der Waals surface area contributed by atoms with Gasteiger partial charge in [0.25, 0.3) is 0 Å². The zero-order chi connectivity index (χ0) is 16.8. The van der Waals surface area contributed by atoms with Crippen molar-refractivity contribution in [2.45, 2.75) is 51.5 Å². The summed E-state index contributed by atoms with van der Waals surface area (Å²) in [5.41, 5.74) is 1.95. The van der Waals surface area contributed by atoms with Gasteiger partial charge in [-0.2, -0.15) is 0 Å². The van der Waals surface area contributed by atoms with E-state index < -0.39 is 0 Å². The minimum Gasteiger partial charge on any atom is -0.346 e. The van der Waals surface area contributed by atoms with Crippen LogP contribution in [0.3, 0.4) is 0 Å². The predicted octanol–water partition coefficient (Wildman–Crippen LogP) is 3.40. The molecular weight excluding hydrogens is 300 g/mol. The highest BCUT2D eigenvalue weighted by atomic mass is 16.1. The van der Waals surface area contributed by atoms with E-state index in [1.54, 1.807) is 0 Å². The van der Waals surface area contributed by atoms with Crippen molar-refractivity contribution in [2.75, 3.05) is 19.6 Å². The summed E-state index contributed by atoms with van der Waals surface area (Å²) >= 11 is 0. The van der Waals surface area contributed by atoms with Gasteiger partial charge in [-0.15, -0.1) is 0 Å². The molecule has 130 valence electrons. The lowest BCUT2D eigenvalue weighted by Gasteiger charge is -2.24. The molecule has 1 saturated heterocycles. The van der Waals surface area contributed by atoms with Crippen molar-refractivity contribution < 1.29 is 4.79 Å². The normalized spacial score (nSPS) is 18.0. The monoisotopic (exact) mass is 328 g/mol. The van der Waals surface area contributed by atoms with Gasteiger partial charge in [0.15, 0.2) is 0 Å². The molecule has 0 aliphatic carbocycles. The van der Waals surface area contributed by atoms with Crippen LogP contribution in [0.4, 0.5) is 0 Å². The van der Waals surface area contributed by atoms with E-state index in [9.17, 15) is 4.79 Å². The molecule has 2 aromatic rings. The average Bonchev–Trinajstić information content (AvgIpc) is 2.98. The molecule has 3 rings (SSSR count). The summed E-state index contributed by atoms with van der Waals surface area (Å²) in [7, 11) is 0. The van der Waals surface area contributed by atoms with Gasteiger partial charge in [-0.05, 0) is 45.0 Å². The fourth-order valence-corrected chi connectivity index (χ4v) is 3.36. The standard InChI is InChI=1S/C19H28N4O/c1-15(19-21-16-9-5-6-10-17(16)22-19)20-18(24)11-14-23-12-7-3-2-4-8-13-23/h5-6,9-10,15H,2-4,7-8,11-14H2,1H3,(H,20,24)(H,21,22)/t15-/m0/s1. The molecule has 0 unspecified atom stereocenters. The van der Waals surface area contributed by atoms with Crippen LogP contribution in [0, 0.1) is 0 Å². The largest absolute Gasteiger partial charge is 0.346 e. The first kappa shape index (κ1) is 17.0. The fraction of sp³-hybridized carbons (Fsp3) is 0.579. The zero-order valence-electron chi connectivity index (χ0n) is 14.6. The van der Waals surface area contributed by atoms with Gasteiger partial charge in [-0.3, -0.25) is 4.79 Å². The number of nitrogens with one attached hydrogen (secondary N) is 2. The number of carbonyl (C=O) groups excluding carboxylic acids is 1. The molecule has 0 spiro atoms. The highest BCUT2D eigenvalue weighted by Gasteiger charge is 2.15. The van der Waals surface area contributed by atoms with Gasteiger partial charge < -0.3 is 15.2 Å². The number of hydrogen-bond acceptors (Lipinski definition) is 3. The lowest BCUT2D eigenvalue weighted by atomic mass is 10.1. The van der Waals surface area contributed by atoms with Crippen molar-refractivity contribution in [3.8, 4) is 0 Å². The molecule has 1 atom stereocenters. The first-order valence-electron chi connectivity index (χ1n) is 9.19. The van der Waals surface area contributed by atoms with Crippen LogP contribution in [0.5, 0.6) is 0 Å². The Morgan fingerprint density at radius 2 is 1.92 bits per heavy atom. The Morgan fingerprint density at radius 3 is 2.67 bits per heavy atom. The minimum absolute atomic E-state index is 0.0998. The third-order valence-electron chi connectivity index (χ3n) is 4.80. The molecule has 0 bridgehead atoms. The molecule has 1 aromatic heterocycles. The summed E-state index contributed by atoms with van der Waals surface area (Å²) in [6, 6.07) is 7.84. The fourth-order valence-electron chi connectivity index (χ4n) is 3.36. The first-order valence-corrected chi connectivity index (χ1v) is 9.19. The van der Waals surface area contributed by atoms with E-state index in [0.29, 0.717) is 6.42 Å². The molecule has 0 saturated carbocycles. The smallest absolute Gasteiger partial charge is 0.221 e. The van der Waals surface area contributed by atoms with E-state index in [1.807, 2.05) is 31.2 Å². The molecule has 24 heavy (non-hydrogen) atoms. The van der Waals surface area contributed by atoms with Gasteiger partial charge in [0.2, 0.25) is 5.91 Å². The molecule has 5 nitrogen and oxygen atoms in total. The van der Waals surface area contributed by atoms with Crippen LogP contribution in [0.2, 0.25) is 0 Å². The number of imidazole rings is 1. The van der Waals surface area contributed by atoms with Crippen LogP contribution in [-0.2, 0) is 4.79 Å². The van der Waals surface area contributed by atoms with Crippen molar-refractivity contribution in [2.24, 2.45) is 0 Å². The summed E-state index contributed by atoms with van der Waals surface area (Å²) < 4.78 is 0. The third-order valence-corrected chi connectivity index (χ3v) is 4.80. The number of nitrogens with zero attached hydrogens (tertiary/aromatic N) is 2. The van der Waals surface area contributed by atoms with Crippen molar-refractivity contribution in [3.63, 3.8) is 0 Å². The molecular formula is C19H28N4O. The number of para-hydroxylation sites is 2. The molecule has 0 radical (unpaired) electrons. The van der Waals surface area contributed by atoms with Crippen LogP contribution >= 0.6 is 0 Å². The summed E-state index contributed by atoms with van der Waals surface area (Å²) in [6.07, 6.45) is 7.10. The Balaban J connectivity index is 1.48. The number of rotatable bonds is 5. The van der Waals surface area contributed by atoms with E-state index in [2.05, 4.69) is 20.2 Å². The summed E-state index contributed by atoms with van der Waals surface area (Å²) in [5.74, 6) is 0.917. The van der Waals surface area contributed by atoms with Gasteiger partial charge >= 0.3 is 0 Å². The third kappa shape index (κ3) is 4.57. The lowest BCUT2D eigenvalue weighted by Crippen LogP contribution is -2.34. The second-order valence-electron chi connectivity index (χ2n) is 6.79. The number of carbonyl (C=O) groups is 1. The lowest BCUT2D eigenvalue weighted by molar-refractivity contribution is -0.122. The number of fused-ring (bicyclic) bond motifs is 1. The maximum absolute atomic E-state index is 12.3. The minimum atomic E-state index is -0.0998. The topological polar surface area (TPSA) is 61.0 Å². The zero-order valence-corrected chi connectivity index (χ0v) is 14.6. The van der Waals surface area contributed by atoms with Crippen molar-refractivity contribution in [1.82, 2.24) is 20.2 Å². The second kappa shape index (κ2) is 8.29. The number of amides is 1. The summed E-state index contributed by atoms with van der Waals surface area (Å²) in [6.45, 7) is 5.10. The Labute approximate surface area is 143 Å². The highest BCUT2D eigenvalue weighted by Crippen LogP contribution is 2.16. The van der Waals surface area contributed by atoms with Crippen LogP contribution in [0.1, 0.15) is 57.3 Å². The van der Waals surface area contributed by atoms with Crippen LogP contribution in [0.15, 0.2) is 24.3 Å². The molecule has 1 fully saturated rings. The number of hydrogen-bond donors (Lipinski definition) is 2. The molecule has 5 heteroatoms. The number of likely N-dealkylation sites (tertiary alicyclic amines) is 1. The first-order chi connectivity index (χ1) is 11.7. The summed E-state index contributed by atoms with van der Waals surface area (Å²) in [5, 5.41) is 3.07. The van der Waals surface area contributed by atoms with Gasteiger partial charge in [0.05, 0.1) is 17.1 Å². The molecule has 1 aliphatic heterocycles. The number of aromatic nitrogens is 2. The van der Waals surface area contributed by atoms with Crippen molar-refractivity contribution in [3.05, 3.63) is 30.1 Å². The molecule has 1 aliphatic rings. The molecule has 2 heterocycles. The Hall–Kier alpha value is -1.88. The number of aromatic amines is 1. The predicted molar refractivity (Wildman–Crippen MR) is 96.8 cm³/mol.